The van der Waals surface area contributed by atoms with Gasteiger partial charge in [0.05, 0.1) is 18.5 Å². The molecular weight excluding hydrogens is 412 g/mol. The van der Waals surface area contributed by atoms with Gasteiger partial charge in [0, 0.05) is 24.0 Å². The number of aromatic nitrogens is 1. The molecule has 0 saturated carbocycles. The van der Waals surface area contributed by atoms with Crippen LogP contribution in [0.5, 0.6) is 0 Å². The van der Waals surface area contributed by atoms with Gasteiger partial charge in [-0.3, -0.25) is 9.28 Å². The van der Waals surface area contributed by atoms with Gasteiger partial charge >= 0.3 is 0 Å². The third kappa shape index (κ3) is 4.11. The fourth-order valence-electron chi connectivity index (χ4n) is 4.74. The van der Waals surface area contributed by atoms with Gasteiger partial charge in [0.1, 0.15) is 6.54 Å². The summed E-state index contributed by atoms with van der Waals surface area (Å²) in [6.07, 6.45) is 2.16. The van der Waals surface area contributed by atoms with Gasteiger partial charge < -0.3 is 9.63 Å². The maximum absolute atomic E-state index is 12.8. The molecule has 0 amide bonds. The number of hydrogen-bond acceptors (Lipinski definition) is 3. The molecule has 5 heteroatoms. The summed E-state index contributed by atoms with van der Waals surface area (Å²) in [4.78, 5) is 12.8. The van der Waals surface area contributed by atoms with E-state index < -0.39 is 5.60 Å². The van der Waals surface area contributed by atoms with E-state index in [1.807, 2.05) is 78.9 Å². The lowest BCUT2D eigenvalue weighted by Gasteiger charge is -2.31. The predicted octanol–water partition coefficient (Wildman–Crippen LogP) is 4.10. The second-order valence-corrected chi connectivity index (χ2v) is 8.81. The maximum atomic E-state index is 12.8. The van der Waals surface area contributed by atoms with Gasteiger partial charge in [-0.2, -0.15) is 0 Å². The molecule has 5 rings (SSSR count). The molecule has 1 fully saturated rings. The summed E-state index contributed by atoms with van der Waals surface area (Å²) in [6.45, 7) is 2.82. The van der Waals surface area contributed by atoms with Crippen LogP contribution in [0.2, 0.25) is 0 Å². The average Bonchev–Trinajstić information content (AvgIpc) is 3.45. The Labute approximate surface area is 193 Å². The van der Waals surface area contributed by atoms with Gasteiger partial charge in [0.25, 0.3) is 5.56 Å². The van der Waals surface area contributed by atoms with Crippen molar-refractivity contribution in [2.45, 2.75) is 25.1 Å². The van der Waals surface area contributed by atoms with Gasteiger partial charge in [-0.1, -0.05) is 78.7 Å². The van der Waals surface area contributed by atoms with Crippen molar-refractivity contribution in [3.05, 3.63) is 106 Å². The Hall–Kier alpha value is -3.59. The fraction of sp³-hybridized carbons (Fsp3) is 0.250. The summed E-state index contributed by atoms with van der Waals surface area (Å²) in [7, 11) is 0. The second kappa shape index (κ2) is 8.74. The first-order valence-electron chi connectivity index (χ1n) is 11.4. The third-order valence-corrected chi connectivity index (χ3v) is 6.56. The van der Waals surface area contributed by atoms with Gasteiger partial charge in [-0.15, -0.1) is 4.74 Å². The number of benzene rings is 3. The Bertz CT molecular complexity index is 1310. The van der Waals surface area contributed by atoms with E-state index in [0.29, 0.717) is 28.7 Å². The Morgan fingerprint density at radius 2 is 1.45 bits per heavy atom. The van der Waals surface area contributed by atoms with Crippen molar-refractivity contribution >= 4 is 11.0 Å². The lowest BCUT2D eigenvalue weighted by atomic mass is 9.87. The number of rotatable bonds is 5. The molecule has 0 spiro atoms. The Kier molecular flexibility index (Phi) is 5.63. The van der Waals surface area contributed by atoms with Crippen LogP contribution in [-0.2, 0) is 12.3 Å². The average molecular weight is 440 g/mol. The van der Waals surface area contributed by atoms with Crippen LogP contribution in [-0.4, -0.2) is 34.0 Å². The van der Waals surface area contributed by atoms with Crippen molar-refractivity contribution in [1.29, 1.82) is 0 Å². The first kappa shape index (κ1) is 21.3. The standard InChI is InChI=1S/C28H27N2O3/c31-27-25-16-7-8-17-26(25)33-29(27)22-30(19-9-10-20-30)21-11-18-28(32,23-12-3-1-4-13-23)24-14-5-2-6-15-24/h1-8,12-17,32H,9-10,19-22H2/q+1. The molecule has 166 valence electrons. The number of aliphatic hydroxyl groups is 1. The Morgan fingerprint density at radius 3 is 2.06 bits per heavy atom. The van der Waals surface area contributed by atoms with E-state index in [1.54, 1.807) is 6.07 Å². The number of quaternary nitrogens is 1. The van der Waals surface area contributed by atoms with Crippen LogP contribution in [0.3, 0.4) is 0 Å². The van der Waals surface area contributed by atoms with Crippen molar-refractivity contribution in [3.63, 3.8) is 0 Å². The van der Waals surface area contributed by atoms with Gasteiger partial charge in [0.15, 0.2) is 17.9 Å². The minimum Gasteiger partial charge on any atom is -0.371 e. The highest BCUT2D eigenvalue weighted by Crippen LogP contribution is 2.29. The molecule has 0 aliphatic carbocycles. The molecule has 3 aromatic carbocycles. The van der Waals surface area contributed by atoms with E-state index in [-0.39, 0.29) is 5.56 Å². The highest BCUT2D eigenvalue weighted by Gasteiger charge is 2.34. The zero-order valence-corrected chi connectivity index (χ0v) is 18.5. The summed E-state index contributed by atoms with van der Waals surface area (Å²) < 4.78 is 7.98. The van der Waals surface area contributed by atoms with E-state index in [2.05, 4.69) is 11.8 Å². The SMILES string of the molecule is O=c1c2ccccc2on1C[N+]1(CC#CC(O)(c2ccccc2)c2ccccc2)CCCC1. The van der Waals surface area contributed by atoms with Crippen LogP contribution < -0.4 is 5.56 Å². The quantitative estimate of drug-likeness (QED) is 0.376. The molecule has 33 heavy (non-hydrogen) atoms. The first-order valence-corrected chi connectivity index (χ1v) is 11.4. The predicted molar refractivity (Wildman–Crippen MR) is 128 cm³/mol. The Balaban J connectivity index is 1.47. The number of hydrogen-bond donors (Lipinski definition) is 1. The van der Waals surface area contributed by atoms with E-state index in [4.69, 9.17) is 4.52 Å². The van der Waals surface area contributed by atoms with E-state index in [0.717, 1.165) is 37.1 Å². The highest BCUT2D eigenvalue weighted by atomic mass is 16.5. The topological polar surface area (TPSA) is 55.4 Å². The molecule has 0 unspecified atom stereocenters. The van der Waals surface area contributed by atoms with Gasteiger partial charge in [-0.25, -0.2) is 0 Å². The van der Waals surface area contributed by atoms with Crippen LogP contribution >= 0.6 is 0 Å². The zero-order valence-electron chi connectivity index (χ0n) is 18.5. The van der Waals surface area contributed by atoms with Gasteiger partial charge in [0.2, 0.25) is 0 Å². The number of fused-ring (bicyclic) bond motifs is 1. The molecule has 4 aromatic rings. The van der Waals surface area contributed by atoms with E-state index in [9.17, 15) is 9.90 Å². The Morgan fingerprint density at radius 1 is 0.879 bits per heavy atom. The number of nitrogens with zero attached hydrogens (tertiary/aromatic N) is 2. The molecule has 1 N–H and O–H groups in total. The molecule has 1 aromatic heterocycles. The molecule has 0 radical (unpaired) electrons. The molecule has 1 saturated heterocycles. The highest BCUT2D eigenvalue weighted by molar-refractivity contribution is 5.75. The second-order valence-electron chi connectivity index (χ2n) is 8.81. The van der Waals surface area contributed by atoms with Crippen molar-refractivity contribution in [1.82, 2.24) is 4.74 Å². The van der Waals surface area contributed by atoms with E-state index in [1.165, 1.54) is 4.74 Å². The summed E-state index contributed by atoms with van der Waals surface area (Å²) in [5.74, 6) is 6.47. The van der Waals surface area contributed by atoms with Crippen LogP contribution in [0.25, 0.3) is 11.0 Å². The van der Waals surface area contributed by atoms with Crippen LogP contribution in [0.1, 0.15) is 24.0 Å². The normalized spacial score (nSPS) is 15.3. The zero-order chi connectivity index (χ0) is 22.7. The molecule has 1 aliphatic rings. The van der Waals surface area contributed by atoms with Gasteiger partial charge in [-0.05, 0) is 18.1 Å². The lowest BCUT2D eigenvalue weighted by Crippen LogP contribution is -2.48. The fourth-order valence-corrected chi connectivity index (χ4v) is 4.74. The van der Waals surface area contributed by atoms with Crippen molar-refractivity contribution in [2.75, 3.05) is 19.6 Å². The molecular formula is C28H27N2O3+. The summed E-state index contributed by atoms with van der Waals surface area (Å²) in [5.41, 5.74) is 0.583. The molecule has 0 bridgehead atoms. The van der Waals surface area contributed by atoms with Crippen LogP contribution in [0.4, 0.5) is 0 Å². The number of likely N-dealkylation sites (tertiary alicyclic amines) is 1. The molecule has 0 atom stereocenters. The summed E-state index contributed by atoms with van der Waals surface area (Å²) in [5, 5.41) is 12.3. The minimum absolute atomic E-state index is 0.104. The summed E-state index contributed by atoms with van der Waals surface area (Å²) in [6, 6.07) is 26.4. The monoisotopic (exact) mass is 439 g/mol. The van der Waals surface area contributed by atoms with Crippen LogP contribution in [0, 0.1) is 11.8 Å². The first-order chi connectivity index (χ1) is 16.1. The molecule has 5 nitrogen and oxygen atoms in total. The van der Waals surface area contributed by atoms with Crippen LogP contribution in [0.15, 0.2) is 94.2 Å². The molecule has 2 heterocycles. The minimum atomic E-state index is -1.40. The summed E-state index contributed by atoms with van der Waals surface area (Å²) >= 11 is 0. The lowest BCUT2D eigenvalue weighted by molar-refractivity contribution is -0.933. The van der Waals surface area contributed by atoms with Crippen molar-refractivity contribution < 1.29 is 14.1 Å². The maximum Gasteiger partial charge on any atom is 0.295 e. The van der Waals surface area contributed by atoms with Crippen molar-refractivity contribution in [2.24, 2.45) is 0 Å². The smallest absolute Gasteiger partial charge is 0.295 e. The largest absolute Gasteiger partial charge is 0.371 e. The van der Waals surface area contributed by atoms with E-state index >= 15 is 0 Å². The van der Waals surface area contributed by atoms with Crippen molar-refractivity contribution in [3.8, 4) is 11.8 Å². The molecule has 1 aliphatic heterocycles. The number of para-hydroxylation sites is 1. The third-order valence-electron chi connectivity index (χ3n) is 6.56.